The van der Waals surface area contributed by atoms with E-state index in [9.17, 15) is 10.1 Å². The summed E-state index contributed by atoms with van der Waals surface area (Å²) >= 11 is 0. The molecule has 0 atom stereocenters. The normalized spacial score (nSPS) is 9.44. The second-order valence-electron chi connectivity index (χ2n) is 1.54. The minimum atomic E-state index is -0.536. The van der Waals surface area contributed by atoms with Gasteiger partial charge in [0.2, 0.25) is 6.26 Å². The summed E-state index contributed by atoms with van der Waals surface area (Å²) in [6.45, 7) is 1.52. The Bertz CT molecular complexity index is 229. The fourth-order valence-electron chi connectivity index (χ4n) is 0.463. The Labute approximate surface area is 50.4 Å². The highest BCUT2D eigenvalue weighted by atomic mass is 16.6. The second-order valence-corrected chi connectivity index (χ2v) is 1.54. The molecule has 1 heterocycles. The summed E-state index contributed by atoms with van der Waals surface area (Å²) in [6, 6.07) is 0. The molecular weight excluding hydrogens is 124 g/mol. The Balaban J connectivity index is 3.08. The molecule has 0 aliphatic heterocycles. The second kappa shape index (κ2) is 1.85. The smallest absolute Gasteiger partial charge is 0.331 e. The van der Waals surface area contributed by atoms with Crippen molar-refractivity contribution >= 4 is 5.69 Å². The van der Waals surface area contributed by atoms with Gasteiger partial charge in [0.25, 0.3) is 0 Å². The van der Waals surface area contributed by atoms with Crippen LogP contribution < -0.4 is 0 Å². The van der Waals surface area contributed by atoms with Crippen LogP contribution in [0.2, 0.25) is 0 Å². The van der Waals surface area contributed by atoms with Crippen LogP contribution >= 0.6 is 0 Å². The molecule has 5 heteroatoms. The van der Waals surface area contributed by atoms with Crippen LogP contribution in [0.4, 0.5) is 5.69 Å². The largest absolute Gasteiger partial charge is 0.357 e. The summed E-state index contributed by atoms with van der Waals surface area (Å²) in [7, 11) is 0. The van der Waals surface area contributed by atoms with Crippen molar-refractivity contribution in [2.24, 2.45) is 0 Å². The highest BCUT2D eigenvalue weighted by Crippen LogP contribution is 2.13. The summed E-state index contributed by atoms with van der Waals surface area (Å²) in [6.07, 6.45) is 1.01. The first-order valence-corrected chi connectivity index (χ1v) is 2.27. The highest BCUT2D eigenvalue weighted by molar-refractivity contribution is 5.28. The average Bonchev–Trinajstić information content (AvgIpc) is 2.13. The van der Waals surface area contributed by atoms with Gasteiger partial charge >= 0.3 is 5.69 Å². The van der Waals surface area contributed by atoms with Gasteiger partial charge in [0.15, 0.2) is 5.69 Å². The van der Waals surface area contributed by atoms with E-state index < -0.39 is 4.92 Å². The summed E-state index contributed by atoms with van der Waals surface area (Å²) in [5.41, 5.74) is 0.231. The molecule has 0 amide bonds. The van der Waals surface area contributed by atoms with Crippen LogP contribution in [0.5, 0.6) is 0 Å². The fourth-order valence-corrected chi connectivity index (χ4v) is 0.463. The lowest BCUT2D eigenvalue weighted by Gasteiger charge is -1.79. The monoisotopic (exact) mass is 128 g/mol. The van der Waals surface area contributed by atoms with Gasteiger partial charge in [0.05, 0.1) is 4.92 Å². The van der Waals surface area contributed by atoms with E-state index in [1.807, 2.05) is 0 Å². The van der Waals surface area contributed by atoms with Gasteiger partial charge in [-0.15, -0.1) is 0 Å². The van der Waals surface area contributed by atoms with E-state index in [0.29, 0.717) is 5.69 Å². The van der Waals surface area contributed by atoms with Crippen LogP contribution in [0.3, 0.4) is 0 Å². The molecule has 48 valence electrons. The summed E-state index contributed by atoms with van der Waals surface area (Å²) in [5, 5.41) is 13.3. The standard InChI is InChI=1S/C4H4N2O3/c1-3-4(6(7)8)2-9-5-3/h2H,1H3. The van der Waals surface area contributed by atoms with Gasteiger partial charge in [0.1, 0.15) is 0 Å². The number of rotatable bonds is 1. The minimum absolute atomic E-state index is 0.0741. The van der Waals surface area contributed by atoms with Gasteiger partial charge in [-0.05, 0) is 6.92 Å². The first-order chi connectivity index (χ1) is 4.22. The van der Waals surface area contributed by atoms with Gasteiger partial charge in [-0.25, -0.2) is 0 Å². The molecular formula is C4H4N2O3. The lowest BCUT2D eigenvalue weighted by molar-refractivity contribution is -0.385. The molecule has 0 saturated carbocycles. The maximum atomic E-state index is 9.99. The molecule has 0 aliphatic carbocycles. The van der Waals surface area contributed by atoms with Gasteiger partial charge in [0, 0.05) is 0 Å². The first kappa shape index (κ1) is 5.74. The van der Waals surface area contributed by atoms with Crippen molar-refractivity contribution in [3.05, 3.63) is 22.1 Å². The molecule has 1 aromatic heterocycles. The molecule has 5 nitrogen and oxygen atoms in total. The molecule has 0 radical (unpaired) electrons. The third kappa shape index (κ3) is 0.883. The zero-order valence-corrected chi connectivity index (χ0v) is 4.70. The molecule has 0 bridgehead atoms. The topological polar surface area (TPSA) is 69.2 Å². The Kier molecular flexibility index (Phi) is 1.18. The predicted molar refractivity (Wildman–Crippen MR) is 27.9 cm³/mol. The summed E-state index contributed by atoms with van der Waals surface area (Å²) in [5.74, 6) is 0. The van der Waals surface area contributed by atoms with E-state index in [1.165, 1.54) is 6.92 Å². The number of nitro groups is 1. The zero-order valence-electron chi connectivity index (χ0n) is 4.70. The van der Waals surface area contributed by atoms with Crippen molar-refractivity contribution in [2.75, 3.05) is 0 Å². The zero-order chi connectivity index (χ0) is 6.85. The predicted octanol–water partition coefficient (Wildman–Crippen LogP) is 0.891. The van der Waals surface area contributed by atoms with Crippen LogP contribution in [0, 0.1) is 17.0 Å². The number of nitrogens with zero attached hydrogens (tertiary/aromatic N) is 2. The van der Waals surface area contributed by atoms with Gasteiger partial charge in [-0.3, -0.25) is 10.1 Å². The molecule has 0 aliphatic rings. The molecule has 0 unspecified atom stereocenters. The molecule has 0 spiro atoms. The first-order valence-electron chi connectivity index (χ1n) is 2.27. The SMILES string of the molecule is Cc1nocc1[N+](=O)[O-]. The molecule has 0 saturated heterocycles. The van der Waals surface area contributed by atoms with Crippen molar-refractivity contribution in [2.45, 2.75) is 6.92 Å². The third-order valence-corrected chi connectivity index (χ3v) is 0.921. The maximum absolute atomic E-state index is 9.99. The Morgan fingerprint density at radius 1 is 1.89 bits per heavy atom. The van der Waals surface area contributed by atoms with Gasteiger partial charge in [-0.2, -0.15) is 0 Å². The van der Waals surface area contributed by atoms with E-state index in [4.69, 9.17) is 0 Å². The Morgan fingerprint density at radius 3 is 2.78 bits per heavy atom. The fraction of sp³-hybridized carbons (Fsp3) is 0.250. The number of hydrogen-bond acceptors (Lipinski definition) is 4. The van der Waals surface area contributed by atoms with Crippen molar-refractivity contribution in [3.63, 3.8) is 0 Å². The van der Waals surface area contributed by atoms with Crippen LogP contribution in [0.1, 0.15) is 5.69 Å². The Morgan fingerprint density at radius 2 is 2.56 bits per heavy atom. The number of aromatic nitrogens is 1. The summed E-state index contributed by atoms with van der Waals surface area (Å²) in [4.78, 5) is 9.45. The average molecular weight is 128 g/mol. The highest BCUT2D eigenvalue weighted by Gasteiger charge is 2.12. The quantitative estimate of drug-likeness (QED) is 0.416. The van der Waals surface area contributed by atoms with Crippen molar-refractivity contribution in [3.8, 4) is 0 Å². The van der Waals surface area contributed by atoms with Crippen molar-refractivity contribution in [1.82, 2.24) is 5.16 Å². The van der Waals surface area contributed by atoms with E-state index in [-0.39, 0.29) is 5.69 Å². The molecule has 0 N–H and O–H groups in total. The lowest BCUT2D eigenvalue weighted by atomic mass is 10.4. The molecule has 0 aromatic carbocycles. The third-order valence-electron chi connectivity index (χ3n) is 0.921. The molecule has 1 rings (SSSR count). The van der Waals surface area contributed by atoms with E-state index in [1.54, 1.807) is 0 Å². The minimum Gasteiger partial charge on any atom is -0.357 e. The maximum Gasteiger partial charge on any atom is 0.331 e. The number of aryl methyl sites for hydroxylation is 1. The molecule has 9 heavy (non-hydrogen) atoms. The van der Waals surface area contributed by atoms with Crippen LogP contribution in [0.25, 0.3) is 0 Å². The Hall–Kier alpha value is -1.39. The molecule has 1 aromatic rings. The molecule has 0 fully saturated rings. The number of hydrogen-bond donors (Lipinski definition) is 0. The van der Waals surface area contributed by atoms with Gasteiger partial charge < -0.3 is 4.52 Å². The van der Waals surface area contributed by atoms with Gasteiger partial charge in [-0.1, -0.05) is 5.16 Å². The van der Waals surface area contributed by atoms with E-state index in [2.05, 4.69) is 9.68 Å². The van der Waals surface area contributed by atoms with Crippen molar-refractivity contribution < 1.29 is 9.45 Å². The van der Waals surface area contributed by atoms with Crippen molar-refractivity contribution in [1.29, 1.82) is 0 Å². The van der Waals surface area contributed by atoms with E-state index >= 15 is 0 Å². The summed E-state index contributed by atoms with van der Waals surface area (Å²) < 4.78 is 4.31. The lowest BCUT2D eigenvalue weighted by Crippen LogP contribution is -1.86. The van der Waals surface area contributed by atoms with E-state index in [0.717, 1.165) is 6.26 Å². The van der Waals surface area contributed by atoms with Crippen LogP contribution in [-0.4, -0.2) is 10.1 Å². The van der Waals surface area contributed by atoms with Crippen LogP contribution in [-0.2, 0) is 0 Å². The van der Waals surface area contributed by atoms with Crippen LogP contribution in [0.15, 0.2) is 10.8 Å².